The number of aryl methyl sites for hydroxylation is 1. The molecule has 2 aromatic carbocycles. The number of benzene rings is 2. The molecule has 0 saturated heterocycles. The second-order valence-corrected chi connectivity index (χ2v) is 5.57. The molecule has 0 unspecified atom stereocenters. The highest BCUT2D eigenvalue weighted by molar-refractivity contribution is 9.10. The molecule has 1 aromatic heterocycles. The zero-order chi connectivity index (χ0) is 14.8. The van der Waals surface area contributed by atoms with Gasteiger partial charge in [-0.05, 0) is 17.5 Å². The summed E-state index contributed by atoms with van der Waals surface area (Å²) < 4.78 is 1.07. The number of nitrogens with zero attached hydrogens (tertiary/aromatic N) is 2. The van der Waals surface area contributed by atoms with E-state index in [1.165, 1.54) is 0 Å². The molecule has 1 heterocycles. The van der Waals surface area contributed by atoms with Gasteiger partial charge in [0.15, 0.2) is 0 Å². The van der Waals surface area contributed by atoms with E-state index in [2.05, 4.69) is 43.3 Å². The zero-order valence-electron chi connectivity index (χ0n) is 11.6. The smallest absolute Gasteiger partial charge is 0.136 e. The molecule has 5 heteroatoms. The Labute approximate surface area is 131 Å². The topological polar surface area (TPSA) is 63.8 Å². The first-order valence-electron chi connectivity index (χ1n) is 6.75. The molecule has 4 nitrogen and oxygen atoms in total. The lowest BCUT2D eigenvalue weighted by Gasteiger charge is -2.11. The van der Waals surface area contributed by atoms with Gasteiger partial charge in [-0.15, -0.1) is 0 Å². The Morgan fingerprint density at radius 1 is 1.10 bits per heavy atom. The van der Waals surface area contributed by atoms with E-state index in [-0.39, 0.29) is 0 Å². The van der Waals surface area contributed by atoms with Crippen LogP contribution in [-0.2, 0) is 6.42 Å². The molecule has 0 fully saturated rings. The first kappa shape index (κ1) is 13.8. The monoisotopic (exact) mass is 342 g/mol. The Hall–Kier alpha value is -2.14. The summed E-state index contributed by atoms with van der Waals surface area (Å²) in [5, 5.41) is 5.62. The van der Waals surface area contributed by atoms with Gasteiger partial charge in [0, 0.05) is 28.0 Å². The summed E-state index contributed by atoms with van der Waals surface area (Å²) in [6.07, 6.45) is 0.751. The third-order valence-electron chi connectivity index (χ3n) is 3.24. The highest BCUT2D eigenvalue weighted by Gasteiger charge is 2.06. The lowest BCUT2D eigenvalue weighted by molar-refractivity contribution is 0.949. The molecule has 21 heavy (non-hydrogen) atoms. The minimum absolute atomic E-state index is 0.478. The first-order chi connectivity index (χ1) is 10.2. The number of halogens is 1. The summed E-state index contributed by atoms with van der Waals surface area (Å²) in [6, 6.07) is 14.0. The van der Waals surface area contributed by atoms with Crippen molar-refractivity contribution in [2.45, 2.75) is 13.3 Å². The van der Waals surface area contributed by atoms with Gasteiger partial charge in [0.25, 0.3) is 0 Å². The zero-order valence-corrected chi connectivity index (χ0v) is 13.2. The molecule has 0 amide bonds. The highest BCUT2D eigenvalue weighted by Crippen LogP contribution is 2.31. The van der Waals surface area contributed by atoms with Gasteiger partial charge in [0.05, 0.1) is 0 Å². The summed E-state index contributed by atoms with van der Waals surface area (Å²) in [6.45, 7) is 2.01. The summed E-state index contributed by atoms with van der Waals surface area (Å²) in [5.74, 6) is 1.93. The van der Waals surface area contributed by atoms with Crippen LogP contribution in [0.15, 0.2) is 46.9 Å². The van der Waals surface area contributed by atoms with Crippen molar-refractivity contribution in [1.29, 1.82) is 0 Å². The van der Waals surface area contributed by atoms with Crippen LogP contribution in [0.3, 0.4) is 0 Å². The van der Waals surface area contributed by atoms with Gasteiger partial charge in [0.1, 0.15) is 17.5 Å². The van der Waals surface area contributed by atoms with E-state index in [1.807, 2.05) is 31.2 Å². The van der Waals surface area contributed by atoms with Gasteiger partial charge in [0.2, 0.25) is 0 Å². The molecule has 3 aromatic rings. The normalized spacial score (nSPS) is 10.8. The van der Waals surface area contributed by atoms with Crippen LogP contribution in [0, 0.1) is 0 Å². The minimum atomic E-state index is 0.478. The molecule has 3 rings (SSSR count). The van der Waals surface area contributed by atoms with E-state index in [9.17, 15) is 0 Å². The molecule has 0 aliphatic heterocycles. The van der Waals surface area contributed by atoms with Crippen LogP contribution < -0.4 is 11.1 Å². The van der Waals surface area contributed by atoms with E-state index in [0.29, 0.717) is 11.6 Å². The molecule has 0 saturated carbocycles. The molecule has 0 radical (unpaired) electrons. The third-order valence-corrected chi connectivity index (χ3v) is 3.93. The van der Waals surface area contributed by atoms with Gasteiger partial charge < -0.3 is 11.1 Å². The number of nitrogens with one attached hydrogen (secondary N) is 1. The van der Waals surface area contributed by atoms with Crippen LogP contribution in [0.5, 0.6) is 0 Å². The van der Waals surface area contributed by atoms with E-state index in [1.54, 1.807) is 6.07 Å². The Kier molecular flexibility index (Phi) is 3.75. The predicted octanol–water partition coefficient (Wildman–Crippen LogP) is 4.28. The lowest BCUT2D eigenvalue weighted by atomic mass is 10.1. The third kappa shape index (κ3) is 2.83. The largest absolute Gasteiger partial charge is 0.384 e. The summed E-state index contributed by atoms with van der Waals surface area (Å²) >= 11 is 3.58. The highest BCUT2D eigenvalue weighted by atomic mass is 79.9. The molecule has 3 N–H and O–H groups in total. The van der Waals surface area contributed by atoms with Gasteiger partial charge in [-0.3, -0.25) is 0 Å². The van der Waals surface area contributed by atoms with E-state index >= 15 is 0 Å². The Bertz CT molecular complexity index is 801. The maximum absolute atomic E-state index is 5.83. The quantitative estimate of drug-likeness (QED) is 0.745. The fraction of sp³-hybridized carbons (Fsp3) is 0.125. The van der Waals surface area contributed by atoms with Crippen LogP contribution in [0.4, 0.5) is 17.3 Å². The Morgan fingerprint density at radius 2 is 1.86 bits per heavy atom. The molecule has 0 bridgehead atoms. The lowest BCUT2D eigenvalue weighted by Crippen LogP contribution is -2.03. The van der Waals surface area contributed by atoms with Crippen molar-refractivity contribution in [3.8, 4) is 0 Å². The molecule has 0 aliphatic carbocycles. The van der Waals surface area contributed by atoms with Crippen LogP contribution in [0.2, 0.25) is 0 Å². The van der Waals surface area contributed by atoms with Gasteiger partial charge in [-0.1, -0.05) is 47.1 Å². The van der Waals surface area contributed by atoms with E-state index in [0.717, 1.165) is 33.2 Å². The molecule has 0 atom stereocenters. The number of nitrogen functional groups attached to an aromatic ring is 1. The van der Waals surface area contributed by atoms with Gasteiger partial charge >= 0.3 is 0 Å². The summed E-state index contributed by atoms with van der Waals surface area (Å²) in [7, 11) is 0. The average molecular weight is 343 g/mol. The van der Waals surface area contributed by atoms with Crippen LogP contribution in [-0.4, -0.2) is 9.97 Å². The molecule has 106 valence electrons. The maximum atomic E-state index is 5.83. The number of aromatic nitrogens is 2. The molecular formula is C16H15BrN4. The standard InChI is InChI=1S/C16H15BrN4/c1-2-15-20-14(18)9-16(21-15)19-13-8-7-12(17)10-5-3-4-6-11(10)13/h3-9H,2H2,1H3,(H3,18,19,20,21). The van der Waals surface area contributed by atoms with Crippen LogP contribution in [0.1, 0.15) is 12.7 Å². The SMILES string of the molecule is CCc1nc(N)cc(Nc2ccc(Br)c3ccccc23)n1. The van der Waals surface area contributed by atoms with Crippen molar-refractivity contribution in [3.05, 3.63) is 52.8 Å². The van der Waals surface area contributed by atoms with Crippen LogP contribution >= 0.6 is 15.9 Å². The summed E-state index contributed by atoms with van der Waals surface area (Å²) in [4.78, 5) is 8.65. The van der Waals surface area contributed by atoms with Crippen molar-refractivity contribution >= 4 is 44.0 Å². The Balaban J connectivity index is 2.06. The van der Waals surface area contributed by atoms with Crippen molar-refractivity contribution < 1.29 is 0 Å². The number of rotatable bonds is 3. The second kappa shape index (κ2) is 5.69. The van der Waals surface area contributed by atoms with Gasteiger partial charge in [-0.25, -0.2) is 9.97 Å². The number of nitrogens with two attached hydrogens (primary N) is 1. The minimum Gasteiger partial charge on any atom is -0.384 e. The number of hydrogen-bond donors (Lipinski definition) is 2. The van der Waals surface area contributed by atoms with E-state index < -0.39 is 0 Å². The average Bonchev–Trinajstić information content (AvgIpc) is 2.50. The Morgan fingerprint density at radius 3 is 2.62 bits per heavy atom. The number of hydrogen-bond acceptors (Lipinski definition) is 4. The van der Waals surface area contributed by atoms with Gasteiger partial charge in [-0.2, -0.15) is 0 Å². The van der Waals surface area contributed by atoms with Crippen molar-refractivity contribution in [2.24, 2.45) is 0 Å². The molecule has 0 spiro atoms. The van der Waals surface area contributed by atoms with Crippen molar-refractivity contribution in [1.82, 2.24) is 9.97 Å². The number of anilines is 3. The maximum Gasteiger partial charge on any atom is 0.136 e. The molecule has 0 aliphatic rings. The van der Waals surface area contributed by atoms with Crippen LogP contribution in [0.25, 0.3) is 10.8 Å². The predicted molar refractivity (Wildman–Crippen MR) is 90.8 cm³/mol. The van der Waals surface area contributed by atoms with Crippen molar-refractivity contribution in [2.75, 3.05) is 11.1 Å². The molecular weight excluding hydrogens is 328 g/mol. The number of fused-ring (bicyclic) bond motifs is 1. The fourth-order valence-corrected chi connectivity index (χ4v) is 2.73. The van der Waals surface area contributed by atoms with Crippen molar-refractivity contribution in [3.63, 3.8) is 0 Å². The fourth-order valence-electron chi connectivity index (χ4n) is 2.25. The summed E-state index contributed by atoms with van der Waals surface area (Å²) in [5.41, 5.74) is 6.82. The second-order valence-electron chi connectivity index (χ2n) is 4.71. The van der Waals surface area contributed by atoms with E-state index in [4.69, 9.17) is 5.73 Å². The first-order valence-corrected chi connectivity index (χ1v) is 7.54.